The summed E-state index contributed by atoms with van der Waals surface area (Å²) in [4.78, 5) is 5.17. The lowest BCUT2D eigenvalue weighted by Gasteiger charge is -2.38. The van der Waals surface area contributed by atoms with Gasteiger partial charge in [-0.3, -0.25) is 9.80 Å². The summed E-state index contributed by atoms with van der Waals surface area (Å²) in [6, 6.07) is 1.08. The fourth-order valence-electron chi connectivity index (χ4n) is 2.91. The Morgan fingerprint density at radius 2 is 2.25 bits per heavy atom. The summed E-state index contributed by atoms with van der Waals surface area (Å²) >= 11 is 0. The molecule has 0 saturated carbocycles. The Hall–Kier alpha value is -0.160. The van der Waals surface area contributed by atoms with E-state index in [-0.39, 0.29) is 6.04 Å². The molecule has 0 spiro atoms. The fourth-order valence-corrected chi connectivity index (χ4v) is 2.91. The number of hydrogen-bond donors (Lipinski definition) is 1. The van der Waals surface area contributed by atoms with Crippen LogP contribution in [-0.4, -0.2) is 68.3 Å². The van der Waals surface area contributed by atoms with Crippen molar-refractivity contribution in [1.82, 2.24) is 9.80 Å². The van der Waals surface area contributed by atoms with Crippen molar-refractivity contribution in [2.24, 2.45) is 5.73 Å². The van der Waals surface area contributed by atoms with Crippen LogP contribution in [0.4, 0.5) is 0 Å². The molecule has 2 atom stereocenters. The molecule has 0 aromatic rings. The molecule has 2 aliphatic heterocycles. The SMILES string of the molecule is COCCC(N)CN1CCN2CCCC2C1. The van der Waals surface area contributed by atoms with Gasteiger partial charge in [0.15, 0.2) is 0 Å². The van der Waals surface area contributed by atoms with Gasteiger partial charge in [-0.25, -0.2) is 0 Å². The smallest absolute Gasteiger partial charge is 0.0477 e. The molecule has 4 nitrogen and oxygen atoms in total. The summed E-state index contributed by atoms with van der Waals surface area (Å²) in [5.41, 5.74) is 6.09. The van der Waals surface area contributed by atoms with Crippen LogP contribution >= 0.6 is 0 Å². The minimum Gasteiger partial charge on any atom is -0.385 e. The van der Waals surface area contributed by atoms with E-state index < -0.39 is 0 Å². The number of piperazine rings is 1. The highest BCUT2D eigenvalue weighted by molar-refractivity contribution is 4.87. The number of ether oxygens (including phenoxy) is 1. The Labute approximate surface area is 98.7 Å². The van der Waals surface area contributed by atoms with Crippen molar-refractivity contribution in [3.05, 3.63) is 0 Å². The average molecular weight is 227 g/mol. The Morgan fingerprint density at radius 3 is 3.06 bits per heavy atom. The molecule has 0 aromatic carbocycles. The van der Waals surface area contributed by atoms with E-state index in [1.165, 1.54) is 39.0 Å². The zero-order valence-corrected chi connectivity index (χ0v) is 10.4. The first kappa shape index (κ1) is 12.3. The van der Waals surface area contributed by atoms with Gasteiger partial charge < -0.3 is 10.5 Å². The predicted molar refractivity (Wildman–Crippen MR) is 65.5 cm³/mol. The largest absolute Gasteiger partial charge is 0.385 e. The molecule has 2 heterocycles. The lowest BCUT2D eigenvalue weighted by atomic mass is 10.1. The molecule has 4 heteroatoms. The van der Waals surface area contributed by atoms with Crippen LogP contribution in [0.3, 0.4) is 0 Å². The standard InChI is InChI=1S/C12H25N3O/c1-16-8-4-11(13)9-14-6-7-15-5-2-3-12(15)10-14/h11-12H,2-10,13H2,1H3. The molecule has 2 saturated heterocycles. The number of nitrogens with two attached hydrogens (primary N) is 1. The van der Waals surface area contributed by atoms with Crippen LogP contribution in [0.15, 0.2) is 0 Å². The molecule has 16 heavy (non-hydrogen) atoms. The zero-order chi connectivity index (χ0) is 11.4. The second-order valence-electron chi connectivity index (χ2n) is 5.13. The molecule has 0 radical (unpaired) electrons. The summed E-state index contributed by atoms with van der Waals surface area (Å²) in [7, 11) is 1.74. The summed E-state index contributed by atoms with van der Waals surface area (Å²) in [5.74, 6) is 0. The molecule has 94 valence electrons. The van der Waals surface area contributed by atoms with Crippen LogP contribution in [0, 0.1) is 0 Å². The summed E-state index contributed by atoms with van der Waals surface area (Å²) in [6.07, 6.45) is 3.74. The van der Waals surface area contributed by atoms with Crippen molar-refractivity contribution < 1.29 is 4.74 Å². The van der Waals surface area contributed by atoms with Crippen molar-refractivity contribution in [2.75, 3.05) is 46.4 Å². The van der Waals surface area contributed by atoms with E-state index in [1.807, 2.05) is 0 Å². The number of methoxy groups -OCH3 is 1. The van der Waals surface area contributed by atoms with Gasteiger partial charge >= 0.3 is 0 Å². The molecule has 2 unspecified atom stereocenters. The molecule has 2 fully saturated rings. The third-order valence-electron chi connectivity index (χ3n) is 3.86. The van der Waals surface area contributed by atoms with Crippen molar-refractivity contribution in [3.63, 3.8) is 0 Å². The molecular formula is C12H25N3O. The van der Waals surface area contributed by atoms with Gasteiger partial charge in [-0.1, -0.05) is 0 Å². The van der Waals surface area contributed by atoms with Gasteiger partial charge in [0.2, 0.25) is 0 Å². The monoisotopic (exact) mass is 227 g/mol. The van der Waals surface area contributed by atoms with E-state index in [4.69, 9.17) is 10.5 Å². The topological polar surface area (TPSA) is 41.7 Å². The summed E-state index contributed by atoms with van der Waals surface area (Å²) in [5, 5.41) is 0. The van der Waals surface area contributed by atoms with Gasteiger partial charge in [0.05, 0.1) is 0 Å². The minimum atomic E-state index is 0.271. The Bertz CT molecular complexity index is 212. The van der Waals surface area contributed by atoms with Crippen LogP contribution in [0.2, 0.25) is 0 Å². The van der Waals surface area contributed by atoms with Crippen LogP contribution in [-0.2, 0) is 4.74 Å². The Morgan fingerprint density at radius 1 is 1.38 bits per heavy atom. The second kappa shape index (κ2) is 5.96. The number of rotatable bonds is 5. The zero-order valence-electron chi connectivity index (χ0n) is 10.4. The first-order valence-electron chi connectivity index (χ1n) is 6.50. The lowest BCUT2D eigenvalue weighted by Crippen LogP contribution is -2.52. The van der Waals surface area contributed by atoms with E-state index in [2.05, 4.69) is 9.80 Å². The van der Waals surface area contributed by atoms with Gasteiger partial charge in [-0.2, -0.15) is 0 Å². The van der Waals surface area contributed by atoms with Crippen LogP contribution in [0.1, 0.15) is 19.3 Å². The number of nitrogens with zero attached hydrogens (tertiary/aromatic N) is 2. The second-order valence-corrected chi connectivity index (χ2v) is 5.13. The van der Waals surface area contributed by atoms with Gasteiger partial charge in [0.1, 0.15) is 0 Å². The molecule has 2 rings (SSSR count). The van der Waals surface area contributed by atoms with E-state index in [9.17, 15) is 0 Å². The maximum Gasteiger partial charge on any atom is 0.0477 e. The normalized spacial score (nSPS) is 29.2. The lowest BCUT2D eigenvalue weighted by molar-refractivity contribution is 0.0950. The Balaban J connectivity index is 1.70. The Kier molecular flexibility index (Phi) is 4.58. The highest BCUT2D eigenvalue weighted by Crippen LogP contribution is 2.21. The van der Waals surface area contributed by atoms with Crippen molar-refractivity contribution in [2.45, 2.75) is 31.3 Å². The minimum absolute atomic E-state index is 0.271. The van der Waals surface area contributed by atoms with Crippen LogP contribution in [0.5, 0.6) is 0 Å². The fraction of sp³-hybridized carbons (Fsp3) is 1.00. The third-order valence-corrected chi connectivity index (χ3v) is 3.86. The van der Waals surface area contributed by atoms with E-state index in [0.29, 0.717) is 0 Å². The van der Waals surface area contributed by atoms with Gasteiger partial charge in [-0.15, -0.1) is 0 Å². The maximum absolute atomic E-state index is 6.09. The molecule has 2 aliphatic rings. The quantitative estimate of drug-likeness (QED) is 0.725. The van der Waals surface area contributed by atoms with Gasteiger partial charge in [-0.05, 0) is 25.8 Å². The first-order chi connectivity index (χ1) is 7.79. The van der Waals surface area contributed by atoms with E-state index in [0.717, 1.165) is 25.6 Å². The van der Waals surface area contributed by atoms with Gasteiger partial charge in [0.25, 0.3) is 0 Å². The summed E-state index contributed by atoms with van der Waals surface area (Å²) in [6.45, 7) is 6.78. The van der Waals surface area contributed by atoms with Crippen LogP contribution < -0.4 is 5.73 Å². The highest BCUT2D eigenvalue weighted by Gasteiger charge is 2.30. The molecule has 0 aromatic heterocycles. The van der Waals surface area contributed by atoms with E-state index >= 15 is 0 Å². The maximum atomic E-state index is 6.09. The average Bonchev–Trinajstić information content (AvgIpc) is 2.73. The summed E-state index contributed by atoms with van der Waals surface area (Å²) < 4.78 is 5.06. The highest BCUT2D eigenvalue weighted by atomic mass is 16.5. The van der Waals surface area contributed by atoms with E-state index in [1.54, 1.807) is 7.11 Å². The molecule has 2 N–H and O–H groups in total. The molecule has 0 aliphatic carbocycles. The van der Waals surface area contributed by atoms with Crippen molar-refractivity contribution >= 4 is 0 Å². The number of fused-ring (bicyclic) bond motifs is 1. The molecule has 0 bridgehead atoms. The number of hydrogen-bond acceptors (Lipinski definition) is 4. The first-order valence-corrected chi connectivity index (χ1v) is 6.50. The molecular weight excluding hydrogens is 202 g/mol. The van der Waals surface area contributed by atoms with Crippen molar-refractivity contribution in [1.29, 1.82) is 0 Å². The van der Waals surface area contributed by atoms with Gasteiger partial charge in [0, 0.05) is 52.0 Å². The van der Waals surface area contributed by atoms with Crippen molar-refractivity contribution in [3.8, 4) is 0 Å². The van der Waals surface area contributed by atoms with Crippen LogP contribution in [0.25, 0.3) is 0 Å². The third kappa shape index (κ3) is 3.17. The molecule has 0 amide bonds. The predicted octanol–water partition coefficient (Wildman–Crippen LogP) is 0.130.